The van der Waals surface area contributed by atoms with Gasteiger partial charge in [0, 0.05) is 50.2 Å². The Bertz CT molecular complexity index is 731. The molecule has 0 amide bonds. The lowest BCUT2D eigenvalue weighted by Crippen LogP contribution is -2.48. The van der Waals surface area contributed by atoms with Gasteiger partial charge >= 0.3 is 0 Å². The highest BCUT2D eigenvalue weighted by Gasteiger charge is 2.31. The van der Waals surface area contributed by atoms with Crippen LogP contribution in [0.1, 0.15) is 11.6 Å². The summed E-state index contributed by atoms with van der Waals surface area (Å²) in [6, 6.07) is 15.4. The molecule has 138 valence electrons. The van der Waals surface area contributed by atoms with Gasteiger partial charge in [-0.3, -0.25) is 10.3 Å². The first kappa shape index (κ1) is 17.7. The Hall–Kier alpha value is -1.66. The van der Waals surface area contributed by atoms with Gasteiger partial charge in [-0.25, -0.2) is 9.82 Å². The largest absolute Gasteiger partial charge is 0.367 e. The quantitative estimate of drug-likeness (QED) is 0.861. The van der Waals surface area contributed by atoms with Gasteiger partial charge in [0.1, 0.15) is 5.82 Å². The van der Waals surface area contributed by atoms with E-state index < -0.39 is 0 Å². The van der Waals surface area contributed by atoms with Crippen molar-refractivity contribution >= 4 is 17.3 Å². The number of piperazine rings is 1. The normalized spacial score (nSPS) is 24.2. The van der Waals surface area contributed by atoms with Crippen LogP contribution in [0.15, 0.2) is 48.5 Å². The van der Waals surface area contributed by atoms with Crippen molar-refractivity contribution in [2.45, 2.75) is 6.04 Å². The van der Waals surface area contributed by atoms with Gasteiger partial charge < -0.3 is 4.90 Å². The van der Waals surface area contributed by atoms with Crippen LogP contribution >= 0.6 is 11.6 Å². The van der Waals surface area contributed by atoms with Gasteiger partial charge in [-0.2, -0.15) is 0 Å². The maximum atomic E-state index is 14.0. The molecule has 0 radical (unpaired) electrons. The van der Waals surface area contributed by atoms with Gasteiger partial charge in [-0.15, -0.1) is 0 Å². The third-order valence-electron chi connectivity index (χ3n) is 5.38. The maximum absolute atomic E-state index is 14.0. The maximum Gasteiger partial charge on any atom is 0.146 e. The fourth-order valence-electron chi connectivity index (χ4n) is 3.94. The Balaban J connectivity index is 1.35. The molecule has 2 aromatic rings. The zero-order valence-electron chi connectivity index (χ0n) is 14.7. The van der Waals surface area contributed by atoms with Crippen LogP contribution in [0.25, 0.3) is 0 Å². The molecule has 2 unspecified atom stereocenters. The Kier molecular flexibility index (Phi) is 5.41. The molecule has 2 saturated heterocycles. The zero-order chi connectivity index (χ0) is 17.9. The van der Waals surface area contributed by atoms with E-state index >= 15 is 0 Å². The molecule has 26 heavy (non-hydrogen) atoms. The van der Waals surface area contributed by atoms with Crippen LogP contribution in [0.5, 0.6) is 0 Å². The second-order valence-corrected chi connectivity index (χ2v) is 7.49. The standard InChI is InChI=1S/C20H24ClFN4/c21-17-7-5-15(6-8-17)20-16(13-23-24-20)14-25-9-11-26(12-10-25)19-4-2-1-3-18(19)22/h1-8,16,20,23-24H,9-14H2. The number of para-hydroxylation sites is 1. The minimum absolute atomic E-state index is 0.132. The SMILES string of the molecule is Fc1ccccc1N1CCN(CC2CNNC2c2ccc(Cl)cc2)CC1. The summed E-state index contributed by atoms with van der Waals surface area (Å²) < 4.78 is 14.0. The Morgan fingerprint density at radius 1 is 1.00 bits per heavy atom. The zero-order valence-corrected chi connectivity index (χ0v) is 15.4. The molecule has 2 aliphatic heterocycles. The van der Waals surface area contributed by atoms with E-state index in [0.717, 1.165) is 50.0 Å². The lowest BCUT2D eigenvalue weighted by molar-refractivity contribution is 0.214. The van der Waals surface area contributed by atoms with E-state index in [1.165, 1.54) is 11.6 Å². The monoisotopic (exact) mass is 374 g/mol. The summed E-state index contributed by atoms with van der Waals surface area (Å²) in [6.07, 6.45) is 0. The second-order valence-electron chi connectivity index (χ2n) is 7.05. The highest BCUT2D eigenvalue weighted by Crippen LogP contribution is 2.27. The van der Waals surface area contributed by atoms with E-state index in [1.807, 2.05) is 24.3 Å². The number of nitrogens with one attached hydrogen (secondary N) is 2. The van der Waals surface area contributed by atoms with E-state index in [-0.39, 0.29) is 11.9 Å². The minimum Gasteiger partial charge on any atom is -0.367 e. The molecule has 6 heteroatoms. The van der Waals surface area contributed by atoms with Crippen LogP contribution in [-0.2, 0) is 0 Å². The van der Waals surface area contributed by atoms with Crippen LogP contribution in [0.2, 0.25) is 5.02 Å². The van der Waals surface area contributed by atoms with Crippen molar-refractivity contribution in [2.24, 2.45) is 5.92 Å². The molecule has 2 aliphatic rings. The highest BCUT2D eigenvalue weighted by atomic mass is 35.5. The number of benzene rings is 2. The second kappa shape index (κ2) is 7.92. The molecule has 0 aromatic heterocycles. The average Bonchev–Trinajstić information content (AvgIpc) is 3.12. The predicted molar refractivity (Wildman–Crippen MR) is 104 cm³/mol. The van der Waals surface area contributed by atoms with Gasteiger partial charge in [-0.1, -0.05) is 35.9 Å². The van der Waals surface area contributed by atoms with E-state index in [4.69, 9.17) is 11.6 Å². The Labute approximate surface area is 158 Å². The summed E-state index contributed by atoms with van der Waals surface area (Å²) in [5.74, 6) is 0.365. The number of anilines is 1. The van der Waals surface area contributed by atoms with Crippen molar-refractivity contribution in [3.05, 3.63) is 64.9 Å². The van der Waals surface area contributed by atoms with Crippen LogP contribution in [0, 0.1) is 11.7 Å². The summed E-state index contributed by atoms with van der Waals surface area (Å²) in [6.45, 7) is 5.61. The fraction of sp³-hybridized carbons (Fsp3) is 0.400. The summed E-state index contributed by atoms with van der Waals surface area (Å²) in [5.41, 5.74) is 8.67. The fourth-order valence-corrected chi connectivity index (χ4v) is 4.07. The molecule has 2 aromatic carbocycles. The van der Waals surface area contributed by atoms with Crippen molar-refractivity contribution in [1.29, 1.82) is 0 Å². The van der Waals surface area contributed by atoms with Crippen LogP contribution in [-0.4, -0.2) is 44.2 Å². The first-order valence-electron chi connectivity index (χ1n) is 9.16. The minimum atomic E-state index is -0.132. The lowest BCUT2D eigenvalue weighted by atomic mass is 9.94. The summed E-state index contributed by atoms with van der Waals surface area (Å²) in [4.78, 5) is 4.63. The number of nitrogens with zero attached hydrogens (tertiary/aromatic N) is 2. The molecule has 2 N–H and O–H groups in total. The van der Waals surface area contributed by atoms with Crippen molar-refractivity contribution in [3.8, 4) is 0 Å². The number of hydrazine groups is 1. The molecule has 0 saturated carbocycles. The van der Waals surface area contributed by atoms with E-state index in [9.17, 15) is 4.39 Å². The summed E-state index contributed by atoms with van der Waals surface area (Å²) in [7, 11) is 0. The number of rotatable bonds is 4. The van der Waals surface area contributed by atoms with Gasteiger partial charge in [0.2, 0.25) is 0 Å². The van der Waals surface area contributed by atoms with Crippen molar-refractivity contribution in [2.75, 3.05) is 44.2 Å². The number of hydrogen-bond donors (Lipinski definition) is 2. The molecule has 2 fully saturated rings. The first-order chi connectivity index (χ1) is 12.7. The molecule has 0 aliphatic carbocycles. The summed E-state index contributed by atoms with van der Waals surface area (Å²) >= 11 is 6.01. The molecular weight excluding hydrogens is 351 g/mol. The predicted octanol–water partition coefficient (Wildman–Crippen LogP) is 3.07. The first-order valence-corrected chi connectivity index (χ1v) is 9.54. The number of hydrogen-bond acceptors (Lipinski definition) is 4. The van der Waals surface area contributed by atoms with Gasteiger partial charge in [-0.05, 0) is 29.8 Å². The van der Waals surface area contributed by atoms with E-state index in [1.54, 1.807) is 6.07 Å². The van der Waals surface area contributed by atoms with Gasteiger partial charge in [0.05, 0.1) is 11.7 Å². The summed E-state index contributed by atoms with van der Waals surface area (Å²) in [5, 5.41) is 0.764. The van der Waals surface area contributed by atoms with E-state index in [2.05, 4.69) is 32.8 Å². The van der Waals surface area contributed by atoms with Crippen molar-refractivity contribution in [3.63, 3.8) is 0 Å². The molecule has 4 rings (SSSR count). The van der Waals surface area contributed by atoms with Crippen LogP contribution in [0.3, 0.4) is 0 Å². The number of halogens is 2. The third-order valence-corrected chi connectivity index (χ3v) is 5.63. The average molecular weight is 375 g/mol. The molecule has 2 heterocycles. The third kappa shape index (κ3) is 3.86. The van der Waals surface area contributed by atoms with Crippen LogP contribution < -0.4 is 15.8 Å². The molecule has 2 atom stereocenters. The van der Waals surface area contributed by atoms with Crippen molar-refractivity contribution in [1.82, 2.24) is 15.8 Å². The smallest absolute Gasteiger partial charge is 0.146 e. The van der Waals surface area contributed by atoms with E-state index in [0.29, 0.717) is 5.92 Å². The Morgan fingerprint density at radius 2 is 1.73 bits per heavy atom. The van der Waals surface area contributed by atoms with Gasteiger partial charge in [0.25, 0.3) is 0 Å². The molecule has 4 nitrogen and oxygen atoms in total. The molecular formula is C20H24ClFN4. The van der Waals surface area contributed by atoms with Gasteiger partial charge in [0.15, 0.2) is 0 Å². The van der Waals surface area contributed by atoms with Crippen molar-refractivity contribution < 1.29 is 4.39 Å². The van der Waals surface area contributed by atoms with Crippen LogP contribution in [0.4, 0.5) is 10.1 Å². The highest BCUT2D eigenvalue weighted by molar-refractivity contribution is 6.30. The Morgan fingerprint density at radius 3 is 2.46 bits per heavy atom. The molecule has 0 spiro atoms. The molecule has 0 bridgehead atoms. The lowest BCUT2D eigenvalue weighted by Gasteiger charge is -2.37. The topological polar surface area (TPSA) is 30.5 Å².